The third-order valence-corrected chi connectivity index (χ3v) is 2.85. The molecule has 0 aliphatic carbocycles. The predicted molar refractivity (Wildman–Crippen MR) is 78.5 cm³/mol. The van der Waals surface area contributed by atoms with Gasteiger partial charge in [0, 0.05) is 5.92 Å². The van der Waals surface area contributed by atoms with E-state index in [0.29, 0.717) is 0 Å². The Morgan fingerprint density at radius 2 is 1.80 bits per heavy atom. The molecule has 1 N–H and O–H groups in total. The molecule has 1 aromatic carbocycles. The zero-order chi connectivity index (χ0) is 15.3. The van der Waals surface area contributed by atoms with Crippen molar-refractivity contribution in [1.29, 1.82) is 0 Å². The van der Waals surface area contributed by atoms with Gasteiger partial charge in [-0.15, -0.1) is 0 Å². The second-order valence-corrected chi connectivity index (χ2v) is 6.03. The van der Waals surface area contributed by atoms with Crippen LogP contribution in [0.5, 0.6) is 0 Å². The summed E-state index contributed by atoms with van der Waals surface area (Å²) in [6, 6.07) is 7.35. The molecule has 0 bridgehead atoms. The van der Waals surface area contributed by atoms with Gasteiger partial charge < -0.3 is 14.8 Å². The van der Waals surface area contributed by atoms with E-state index in [2.05, 4.69) is 5.32 Å². The number of ether oxygens (including phenoxy) is 1. The number of alkyl carbamates (subject to hydrolysis) is 1. The predicted octanol–water partition coefficient (Wildman–Crippen LogP) is 3.40. The Bertz CT molecular complexity index is 460. The lowest BCUT2D eigenvalue weighted by Crippen LogP contribution is -2.37. The van der Waals surface area contributed by atoms with Gasteiger partial charge in [0.25, 0.3) is 0 Å². The highest BCUT2D eigenvalue weighted by molar-refractivity contribution is 5.69. The van der Waals surface area contributed by atoms with Crippen LogP contribution in [-0.2, 0) is 9.53 Å². The zero-order valence-electron chi connectivity index (χ0n) is 12.8. The van der Waals surface area contributed by atoms with Gasteiger partial charge in [-0.3, -0.25) is 0 Å². The molecule has 0 saturated heterocycles. The Hall–Kier alpha value is -1.84. The molecule has 4 nitrogen and oxygen atoms in total. The van der Waals surface area contributed by atoms with Gasteiger partial charge >= 0.3 is 6.09 Å². The normalized spacial score (nSPS) is 14.2. The van der Waals surface area contributed by atoms with Crippen LogP contribution >= 0.6 is 0 Å². The van der Waals surface area contributed by atoms with Crippen molar-refractivity contribution in [1.82, 2.24) is 5.32 Å². The van der Waals surface area contributed by atoms with E-state index in [4.69, 9.17) is 4.74 Å². The van der Waals surface area contributed by atoms with Crippen LogP contribution in [0.3, 0.4) is 0 Å². The van der Waals surface area contributed by atoms with Crippen LogP contribution in [0.4, 0.5) is 4.79 Å². The van der Waals surface area contributed by atoms with Gasteiger partial charge in [-0.1, -0.05) is 36.8 Å². The number of hydrogen-bond donors (Lipinski definition) is 1. The molecule has 0 spiro atoms. The fourth-order valence-electron chi connectivity index (χ4n) is 1.81. The molecule has 20 heavy (non-hydrogen) atoms. The van der Waals surface area contributed by atoms with E-state index in [9.17, 15) is 9.59 Å². The van der Waals surface area contributed by atoms with Gasteiger partial charge in [0.05, 0.1) is 6.04 Å². The van der Waals surface area contributed by atoms with E-state index in [1.165, 1.54) is 0 Å². The Morgan fingerprint density at radius 1 is 1.25 bits per heavy atom. The molecule has 0 radical (unpaired) electrons. The van der Waals surface area contributed by atoms with Crippen LogP contribution in [0.1, 0.15) is 44.9 Å². The molecule has 1 amide bonds. The van der Waals surface area contributed by atoms with Gasteiger partial charge in [-0.05, 0) is 33.3 Å². The molecule has 1 rings (SSSR count). The summed E-state index contributed by atoms with van der Waals surface area (Å²) in [5.41, 5.74) is 1.45. The van der Waals surface area contributed by atoms with Gasteiger partial charge in [0.1, 0.15) is 11.9 Å². The van der Waals surface area contributed by atoms with Crippen molar-refractivity contribution in [3.63, 3.8) is 0 Å². The molecule has 1 aromatic rings. The summed E-state index contributed by atoms with van der Waals surface area (Å²) in [6.07, 6.45) is 0.318. The first kappa shape index (κ1) is 16.2. The zero-order valence-corrected chi connectivity index (χ0v) is 12.8. The summed E-state index contributed by atoms with van der Waals surface area (Å²) in [7, 11) is 0. The number of carbonyl (C=O) groups is 2. The molecule has 4 heteroatoms. The minimum atomic E-state index is -0.563. The van der Waals surface area contributed by atoms with Crippen molar-refractivity contribution in [3.8, 4) is 0 Å². The highest BCUT2D eigenvalue weighted by Gasteiger charge is 2.24. The maximum atomic E-state index is 11.9. The fraction of sp³-hybridized carbons (Fsp3) is 0.500. The van der Waals surface area contributed by atoms with Crippen molar-refractivity contribution in [3.05, 3.63) is 35.4 Å². The van der Waals surface area contributed by atoms with Crippen molar-refractivity contribution >= 4 is 12.4 Å². The summed E-state index contributed by atoms with van der Waals surface area (Å²) in [5, 5.41) is 2.77. The monoisotopic (exact) mass is 277 g/mol. The van der Waals surface area contributed by atoms with E-state index in [-0.39, 0.29) is 12.0 Å². The van der Waals surface area contributed by atoms with E-state index in [0.717, 1.165) is 17.4 Å². The van der Waals surface area contributed by atoms with Crippen LogP contribution in [0, 0.1) is 12.8 Å². The molecule has 0 fully saturated rings. The van der Waals surface area contributed by atoms with E-state index in [1.54, 1.807) is 27.7 Å². The van der Waals surface area contributed by atoms with Crippen LogP contribution in [0.2, 0.25) is 0 Å². The number of hydrogen-bond acceptors (Lipinski definition) is 3. The highest BCUT2D eigenvalue weighted by Crippen LogP contribution is 2.22. The standard InChI is InChI=1S/C16H23NO3/c1-11-6-8-13(9-7-11)14(12(2)10-18)17-15(19)20-16(3,4)5/h6-10,12,14H,1-5H3,(H,17,19)/t12-,14+/m0/s1. The molecule has 2 atom stereocenters. The van der Waals surface area contributed by atoms with Crippen LogP contribution < -0.4 is 5.32 Å². The second kappa shape index (κ2) is 6.55. The molecular weight excluding hydrogens is 254 g/mol. The number of nitrogens with one attached hydrogen (secondary N) is 1. The SMILES string of the molecule is Cc1ccc([C@H](NC(=O)OC(C)(C)C)[C@@H](C)C=O)cc1. The summed E-state index contributed by atoms with van der Waals surface area (Å²) in [6.45, 7) is 9.17. The Balaban J connectivity index is 2.88. The lowest BCUT2D eigenvalue weighted by Gasteiger charge is -2.25. The van der Waals surface area contributed by atoms with Crippen LogP contribution in [-0.4, -0.2) is 18.0 Å². The lowest BCUT2D eigenvalue weighted by molar-refractivity contribution is -0.111. The molecule has 0 heterocycles. The average molecular weight is 277 g/mol. The first-order chi connectivity index (χ1) is 9.23. The number of aryl methyl sites for hydroxylation is 1. The third kappa shape index (κ3) is 5.03. The van der Waals surface area contributed by atoms with Gasteiger partial charge in [-0.2, -0.15) is 0 Å². The number of carbonyl (C=O) groups excluding carboxylic acids is 2. The molecule has 0 aromatic heterocycles. The van der Waals surface area contributed by atoms with Crippen LogP contribution in [0.15, 0.2) is 24.3 Å². The second-order valence-electron chi connectivity index (χ2n) is 6.03. The fourth-order valence-corrected chi connectivity index (χ4v) is 1.81. The van der Waals surface area contributed by atoms with Crippen molar-refractivity contribution in [2.45, 2.75) is 46.3 Å². The largest absolute Gasteiger partial charge is 0.444 e. The molecule has 0 unspecified atom stereocenters. The van der Waals surface area contributed by atoms with E-state index < -0.39 is 11.7 Å². The molecule has 0 aliphatic rings. The summed E-state index contributed by atoms with van der Waals surface area (Å²) < 4.78 is 5.24. The summed E-state index contributed by atoms with van der Waals surface area (Å²) in [5.74, 6) is -0.328. The first-order valence-electron chi connectivity index (χ1n) is 6.74. The number of amides is 1. The van der Waals surface area contributed by atoms with Gasteiger partial charge in [-0.25, -0.2) is 4.79 Å². The number of rotatable bonds is 4. The number of benzene rings is 1. The maximum absolute atomic E-state index is 11.9. The topological polar surface area (TPSA) is 55.4 Å². The first-order valence-corrected chi connectivity index (χ1v) is 6.74. The van der Waals surface area contributed by atoms with Crippen molar-refractivity contribution in [2.75, 3.05) is 0 Å². The Labute approximate surface area is 120 Å². The molecule has 0 saturated carbocycles. The third-order valence-electron chi connectivity index (χ3n) is 2.85. The smallest absolute Gasteiger partial charge is 0.408 e. The van der Waals surface area contributed by atoms with Crippen molar-refractivity contribution < 1.29 is 14.3 Å². The minimum absolute atomic E-state index is 0.328. The van der Waals surface area contributed by atoms with Crippen LogP contribution in [0.25, 0.3) is 0 Å². The molecule has 110 valence electrons. The molecular formula is C16H23NO3. The van der Waals surface area contributed by atoms with Crippen molar-refractivity contribution in [2.24, 2.45) is 5.92 Å². The minimum Gasteiger partial charge on any atom is -0.444 e. The Kier molecular flexibility index (Phi) is 5.31. The van der Waals surface area contributed by atoms with E-state index in [1.807, 2.05) is 31.2 Å². The average Bonchev–Trinajstić information content (AvgIpc) is 2.34. The van der Waals surface area contributed by atoms with Gasteiger partial charge in [0.2, 0.25) is 0 Å². The number of aldehydes is 1. The lowest BCUT2D eigenvalue weighted by atomic mass is 9.95. The molecule has 0 aliphatic heterocycles. The highest BCUT2D eigenvalue weighted by atomic mass is 16.6. The van der Waals surface area contributed by atoms with Gasteiger partial charge in [0.15, 0.2) is 0 Å². The quantitative estimate of drug-likeness (QED) is 0.858. The van der Waals surface area contributed by atoms with E-state index >= 15 is 0 Å². The maximum Gasteiger partial charge on any atom is 0.408 e. The summed E-state index contributed by atoms with van der Waals surface area (Å²) in [4.78, 5) is 22.9. The summed E-state index contributed by atoms with van der Waals surface area (Å²) >= 11 is 0. The Morgan fingerprint density at radius 3 is 2.25 bits per heavy atom.